The van der Waals surface area contributed by atoms with Crippen LogP contribution in [0.15, 0.2) is 53.3 Å². The number of halogens is 1. The number of para-hydroxylation sites is 1. The van der Waals surface area contributed by atoms with Crippen molar-refractivity contribution in [1.82, 2.24) is 14.5 Å². The fourth-order valence-corrected chi connectivity index (χ4v) is 3.84. The highest BCUT2D eigenvalue weighted by molar-refractivity contribution is 5.82. The summed E-state index contributed by atoms with van der Waals surface area (Å²) in [6.45, 7) is 10.3. The van der Waals surface area contributed by atoms with Crippen LogP contribution in [-0.2, 0) is 4.79 Å². The van der Waals surface area contributed by atoms with E-state index in [1.54, 1.807) is 30.3 Å². The first-order chi connectivity index (χ1) is 15.1. The van der Waals surface area contributed by atoms with Crippen LogP contribution in [-0.4, -0.2) is 26.9 Å². The number of fused-ring (bicyclic) bond motifs is 1. The number of nitrogens with zero attached hydrogens (tertiary/aromatic N) is 3. The summed E-state index contributed by atoms with van der Waals surface area (Å²) in [5, 5.41) is 0.479. The van der Waals surface area contributed by atoms with Crippen LogP contribution in [0, 0.1) is 11.2 Å². The molecule has 0 aliphatic carbocycles. The van der Waals surface area contributed by atoms with Crippen molar-refractivity contribution in [3.63, 3.8) is 0 Å². The second-order valence-electron chi connectivity index (χ2n) is 9.24. The zero-order valence-corrected chi connectivity index (χ0v) is 19.6. The molecule has 0 saturated heterocycles. The second-order valence-corrected chi connectivity index (χ2v) is 9.24. The van der Waals surface area contributed by atoms with Gasteiger partial charge in [-0.1, -0.05) is 52.7 Å². The van der Waals surface area contributed by atoms with Gasteiger partial charge in [0.15, 0.2) is 0 Å². The van der Waals surface area contributed by atoms with E-state index < -0.39 is 11.5 Å². The lowest BCUT2D eigenvalue weighted by Crippen LogP contribution is -2.43. The van der Waals surface area contributed by atoms with E-state index in [2.05, 4.69) is 6.92 Å². The molecule has 2 aromatic carbocycles. The molecule has 0 saturated carbocycles. The highest BCUT2D eigenvalue weighted by Gasteiger charge is 2.33. The summed E-state index contributed by atoms with van der Waals surface area (Å²) in [5.74, 6) is 0.0952. The SMILES string of the molecule is CCCCCN(C(=O)C(C)(C)C)C(C)c1nc2ccccc2c(=O)n1-c1ccc(F)cc1. The molecule has 0 N–H and O–H groups in total. The zero-order valence-electron chi connectivity index (χ0n) is 19.6. The molecule has 3 aromatic rings. The van der Waals surface area contributed by atoms with Crippen molar-refractivity contribution in [2.24, 2.45) is 5.41 Å². The molecular formula is C26H32FN3O2. The van der Waals surface area contributed by atoms with E-state index in [0.29, 0.717) is 29.0 Å². The molecular weight excluding hydrogens is 405 g/mol. The maximum Gasteiger partial charge on any atom is 0.266 e. The maximum absolute atomic E-state index is 13.6. The maximum atomic E-state index is 13.6. The molecule has 0 aliphatic heterocycles. The van der Waals surface area contributed by atoms with E-state index in [4.69, 9.17) is 4.98 Å². The largest absolute Gasteiger partial charge is 0.332 e. The summed E-state index contributed by atoms with van der Waals surface area (Å²) in [5.41, 5.74) is 0.293. The van der Waals surface area contributed by atoms with Gasteiger partial charge >= 0.3 is 0 Å². The van der Waals surface area contributed by atoms with E-state index in [1.165, 1.54) is 16.7 Å². The Balaban J connectivity index is 2.21. The topological polar surface area (TPSA) is 55.2 Å². The standard InChI is InChI=1S/C26H32FN3O2/c1-6-7-10-17-29(25(32)26(3,4)5)18(2)23-28-22-12-9-8-11-21(22)24(31)30(23)20-15-13-19(27)14-16-20/h8-9,11-16,18H,6-7,10,17H2,1-5H3. The Morgan fingerprint density at radius 1 is 1.09 bits per heavy atom. The third kappa shape index (κ3) is 4.90. The van der Waals surface area contributed by atoms with Crippen molar-refractivity contribution in [1.29, 1.82) is 0 Å². The number of hydrogen-bond acceptors (Lipinski definition) is 3. The van der Waals surface area contributed by atoms with E-state index in [9.17, 15) is 14.0 Å². The minimum atomic E-state index is -0.571. The molecule has 0 fully saturated rings. The Kier molecular flexibility index (Phi) is 7.12. The lowest BCUT2D eigenvalue weighted by molar-refractivity contribution is -0.142. The summed E-state index contributed by atoms with van der Waals surface area (Å²) in [6, 6.07) is 12.5. The lowest BCUT2D eigenvalue weighted by Gasteiger charge is -2.35. The van der Waals surface area contributed by atoms with Crippen LogP contribution in [0.4, 0.5) is 4.39 Å². The molecule has 1 aromatic heterocycles. The van der Waals surface area contributed by atoms with Crippen LogP contribution < -0.4 is 5.56 Å². The van der Waals surface area contributed by atoms with E-state index >= 15 is 0 Å². The van der Waals surface area contributed by atoms with Crippen molar-refractivity contribution < 1.29 is 9.18 Å². The average molecular weight is 438 g/mol. The third-order valence-electron chi connectivity index (χ3n) is 5.63. The smallest absolute Gasteiger partial charge is 0.266 e. The van der Waals surface area contributed by atoms with Crippen LogP contribution in [0.3, 0.4) is 0 Å². The monoisotopic (exact) mass is 437 g/mol. The van der Waals surface area contributed by atoms with Crippen LogP contribution in [0.25, 0.3) is 16.6 Å². The Labute approximate surface area is 188 Å². The minimum Gasteiger partial charge on any atom is -0.332 e. The normalized spacial score (nSPS) is 12.7. The molecule has 32 heavy (non-hydrogen) atoms. The second kappa shape index (κ2) is 9.63. The van der Waals surface area contributed by atoms with Gasteiger partial charge in [0.05, 0.1) is 22.6 Å². The molecule has 5 nitrogen and oxygen atoms in total. The van der Waals surface area contributed by atoms with Crippen LogP contribution in [0.2, 0.25) is 0 Å². The number of amides is 1. The van der Waals surface area contributed by atoms with Crippen molar-refractivity contribution in [2.75, 3.05) is 6.54 Å². The quantitative estimate of drug-likeness (QED) is 0.449. The van der Waals surface area contributed by atoms with Crippen molar-refractivity contribution in [2.45, 2.75) is 59.9 Å². The van der Waals surface area contributed by atoms with Gasteiger partial charge < -0.3 is 4.90 Å². The van der Waals surface area contributed by atoms with Gasteiger partial charge in [-0.15, -0.1) is 0 Å². The first kappa shape index (κ1) is 23.6. The summed E-state index contributed by atoms with van der Waals surface area (Å²) in [4.78, 5) is 33.5. The van der Waals surface area contributed by atoms with Gasteiger partial charge in [-0.05, 0) is 49.7 Å². The summed E-state index contributed by atoms with van der Waals surface area (Å²) in [7, 11) is 0. The predicted molar refractivity (Wildman–Crippen MR) is 126 cm³/mol. The molecule has 6 heteroatoms. The average Bonchev–Trinajstić information content (AvgIpc) is 2.76. The number of carbonyl (C=O) groups excluding carboxylic acids is 1. The number of rotatable bonds is 7. The van der Waals surface area contributed by atoms with E-state index in [1.807, 2.05) is 38.7 Å². The number of hydrogen-bond donors (Lipinski definition) is 0. The minimum absolute atomic E-state index is 0.00849. The zero-order chi connectivity index (χ0) is 23.5. The first-order valence-electron chi connectivity index (χ1n) is 11.2. The van der Waals surface area contributed by atoms with E-state index in [-0.39, 0.29) is 17.3 Å². The Morgan fingerprint density at radius 2 is 1.75 bits per heavy atom. The summed E-state index contributed by atoms with van der Waals surface area (Å²) < 4.78 is 15.1. The Bertz CT molecular complexity index is 1150. The molecule has 170 valence electrons. The van der Waals surface area contributed by atoms with Gasteiger partial charge in [-0.3, -0.25) is 14.2 Å². The van der Waals surface area contributed by atoms with Gasteiger partial charge in [-0.2, -0.15) is 0 Å². The number of carbonyl (C=O) groups is 1. The van der Waals surface area contributed by atoms with Gasteiger partial charge in [0, 0.05) is 12.0 Å². The summed E-state index contributed by atoms with van der Waals surface area (Å²) >= 11 is 0. The Morgan fingerprint density at radius 3 is 2.38 bits per heavy atom. The fraction of sp³-hybridized carbons (Fsp3) is 0.423. The summed E-state index contributed by atoms with van der Waals surface area (Å²) in [6.07, 6.45) is 2.92. The molecule has 1 unspecified atom stereocenters. The third-order valence-corrected chi connectivity index (χ3v) is 5.63. The Hall–Kier alpha value is -3.02. The highest BCUT2D eigenvalue weighted by Crippen LogP contribution is 2.28. The van der Waals surface area contributed by atoms with Crippen LogP contribution >= 0.6 is 0 Å². The predicted octanol–water partition coefficient (Wildman–Crippen LogP) is 5.65. The molecule has 1 atom stereocenters. The van der Waals surface area contributed by atoms with Crippen LogP contribution in [0.1, 0.15) is 65.7 Å². The van der Waals surface area contributed by atoms with Crippen molar-refractivity contribution >= 4 is 16.8 Å². The van der Waals surface area contributed by atoms with Gasteiger partial charge in [-0.25, -0.2) is 9.37 Å². The highest BCUT2D eigenvalue weighted by atomic mass is 19.1. The number of unbranched alkanes of at least 4 members (excludes halogenated alkanes) is 2. The molecule has 0 bridgehead atoms. The molecule has 3 rings (SSSR count). The molecule has 0 radical (unpaired) electrons. The molecule has 1 amide bonds. The van der Waals surface area contributed by atoms with Crippen LogP contribution in [0.5, 0.6) is 0 Å². The van der Waals surface area contributed by atoms with Crippen molar-refractivity contribution in [3.05, 3.63) is 70.5 Å². The number of benzene rings is 2. The molecule has 0 spiro atoms. The van der Waals surface area contributed by atoms with Gasteiger partial charge in [0.2, 0.25) is 5.91 Å². The van der Waals surface area contributed by atoms with Gasteiger partial charge in [0.25, 0.3) is 5.56 Å². The lowest BCUT2D eigenvalue weighted by atomic mass is 9.93. The molecule has 1 heterocycles. The van der Waals surface area contributed by atoms with Crippen molar-refractivity contribution in [3.8, 4) is 5.69 Å². The number of aromatic nitrogens is 2. The first-order valence-corrected chi connectivity index (χ1v) is 11.2. The molecule has 0 aliphatic rings. The van der Waals surface area contributed by atoms with E-state index in [0.717, 1.165) is 19.3 Å². The van der Waals surface area contributed by atoms with Gasteiger partial charge in [0.1, 0.15) is 11.6 Å². The fourth-order valence-electron chi connectivity index (χ4n) is 3.84.